The molecule has 2 aliphatic rings. The topological polar surface area (TPSA) is 57.7 Å². The predicted molar refractivity (Wildman–Crippen MR) is 100 cm³/mol. The maximum atomic E-state index is 12.7. The van der Waals surface area contributed by atoms with Crippen molar-refractivity contribution >= 4 is 11.7 Å². The number of amides is 2. The number of rotatable bonds is 3. The van der Waals surface area contributed by atoms with Crippen molar-refractivity contribution in [2.24, 2.45) is 0 Å². The minimum atomic E-state index is -0.0209. The summed E-state index contributed by atoms with van der Waals surface area (Å²) in [5, 5.41) is 3.00. The number of anilines is 1. The number of benzene rings is 1. The summed E-state index contributed by atoms with van der Waals surface area (Å²) in [5.41, 5.74) is 3.52. The van der Waals surface area contributed by atoms with E-state index in [0.29, 0.717) is 18.5 Å². The molecule has 26 heavy (non-hydrogen) atoms. The Morgan fingerprint density at radius 2 is 2.12 bits per heavy atom. The van der Waals surface area contributed by atoms with Crippen LogP contribution in [0.5, 0.6) is 5.88 Å². The number of carbonyl (C=O) groups excluding carboxylic acids is 1. The number of methoxy groups -OCH3 is 1. The highest BCUT2D eigenvalue weighted by Gasteiger charge is 2.33. The highest BCUT2D eigenvalue weighted by atomic mass is 16.5. The summed E-state index contributed by atoms with van der Waals surface area (Å²) >= 11 is 0. The number of fused-ring (bicyclic) bond motifs is 3. The van der Waals surface area contributed by atoms with Crippen LogP contribution in [-0.4, -0.2) is 48.7 Å². The maximum absolute atomic E-state index is 12.7. The number of nitrogens with one attached hydrogen (secondary N) is 1. The van der Waals surface area contributed by atoms with Gasteiger partial charge in [0.25, 0.3) is 0 Å². The first-order valence-corrected chi connectivity index (χ1v) is 9.12. The van der Waals surface area contributed by atoms with Crippen LogP contribution in [0.2, 0.25) is 0 Å². The van der Waals surface area contributed by atoms with Crippen molar-refractivity contribution in [1.29, 1.82) is 0 Å². The van der Waals surface area contributed by atoms with E-state index in [2.05, 4.69) is 39.5 Å². The molecule has 0 saturated carbocycles. The summed E-state index contributed by atoms with van der Waals surface area (Å²) in [6.07, 6.45) is 1.99. The number of ether oxygens (including phenoxy) is 1. The van der Waals surface area contributed by atoms with E-state index in [1.807, 2.05) is 17.0 Å². The fourth-order valence-corrected chi connectivity index (χ4v) is 3.90. The molecule has 2 aromatic rings. The molecule has 2 amide bonds. The Kier molecular flexibility index (Phi) is 4.65. The van der Waals surface area contributed by atoms with E-state index >= 15 is 0 Å². The van der Waals surface area contributed by atoms with Crippen molar-refractivity contribution in [2.75, 3.05) is 31.6 Å². The largest absolute Gasteiger partial charge is 0.481 e. The molecule has 1 N–H and O–H groups in total. The number of hydrogen-bond donors (Lipinski definition) is 1. The predicted octanol–water partition coefficient (Wildman–Crippen LogP) is 2.44. The van der Waals surface area contributed by atoms with E-state index in [1.54, 1.807) is 13.2 Å². The van der Waals surface area contributed by atoms with Gasteiger partial charge in [-0.25, -0.2) is 9.78 Å². The van der Waals surface area contributed by atoms with Crippen LogP contribution in [0.3, 0.4) is 0 Å². The molecule has 0 spiro atoms. The highest BCUT2D eigenvalue weighted by Crippen LogP contribution is 2.33. The van der Waals surface area contributed by atoms with E-state index in [9.17, 15) is 4.79 Å². The third kappa shape index (κ3) is 3.31. The van der Waals surface area contributed by atoms with E-state index < -0.39 is 0 Å². The van der Waals surface area contributed by atoms with Gasteiger partial charge < -0.3 is 19.9 Å². The van der Waals surface area contributed by atoms with Crippen molar-refractivity contribution in [3.8, 4) is 5.88 Å². The van der Waals surface area contributed by atoms with Gasteiger partial charge in [0, 0.05) is 31.4 Å². The molecule has 136 valence electrons. The number of urea groups is 1. The summed E-state index contributed by atoms with van der Waals surface area (Å²) in [7, 11) is 1.59. The Labute approximate surface area is 153 Å². The van der Waals surface area contributed by atoms with Gasteiger partial charge in [0.2, 0.25) is 5.88 Å². The molecule has 6 heteroatoms. The van der Waals surface area contributed by atoms with Gasteiger partial charge in [0.05, 0.1) is 25.4 Å². The first-order chi connectivity index (χ1) is 12.7. The molecular formula is C20H24N4O2. The highest BCUT2D eigenvalue weighted by molar-refractivity contribution is 5.74. The van der Waals surface area contributed by atoms with Gasteiger partial charge in [-0.15, -0.1) is 0 Å². The van der Waals surface area contributed by atoms with Crippen LogP contribution in [0, 0.1) is 0 Å². The molecule has 6 nitrogen and oxygen atoms in total. The number of para-hydroxylation sites is 1. The quantitative estimate of drug-likeness (QED) is 0.922. The van der Waals surface area contributed by atoms with Crippen LogP contribution < -0.4 is 15.0 Å². The lowest BCUT2D eigenvalue weighted by Crippen LogP contribution is -2.45. The first-order valence-electron chi connectivity index (χ1n) is 9.12. The molecule has 1 aromatic carbocycles. The van der Waals surface area contributed by atoms with Crippen molar-refractivity contribution in [2.45, 2.75) is 25.4 Å². The third-order valence-electron chi connectivity index (χ3n) is 5.15. The van der Waals surface area contributed by atoms with Crippen LogP contribution in [0.25, 0.3) is 0 Å². The van der Waals surface area contributed by atoms with Gasteiger partial charge in [-0.3, -0.25) is 0 Å². The monoisotopic (exact) mass is 352 g/mol. The summed E-state index contributed by atoms with van der Waals surface area (Å²) in [5.74, 6) is 0.561. The zero-order chi connectivity index (χ0) is 17.9. The van der Waals surface area contributed by atoms with Gasteiger partial charge >= 0.3 is 6.03 Å². The van der Waals surface area contributed by atoms with E-state index in [-0.39, 0.29) is 6.03 Å². The Bertz CT molecular complexity index is 795. The van der Waals surface area contributed by atoms with Crippen LogP contribution in [0.1, 0.15) is 17.7 Å². The number of aromatic nitrogens is 1. The maximum Gasteiger partial charge on any atom is 0.317 e. The average molecular weight is 352 g/mol. The van der Waals surface area contributed by atoms with Gasteiger partial charge in [0.15, 0.2) is 0 Å². The van der Waals surface area contributed by atoms with Crippen molar-refractivity contribution < 1.29 is 9.53 Å². The molecule has 2 aliphatic heterocycles. The summed E-state index contributed by atoms with van der Waals surface area (Å²) in [6.45, 7) is 2.95. The number of hydrogen-bond acceptors (Lipinski definition) is 4. The number of nitrogens with zero attached hydrogens (tertiary/aromatic N) is 3. The second-order valence-corrected chi connectivity index (χ2v) is 6.81. The van der Waals surface area contributed by atoms with Crippen molar-refractivity contribution in [1.82, 2.24) is 15.2 Å². The lowest BCUT2D eigenvalue weighted by Gasteiger charge is -2.27. The zero-order valence-electron chi connectivity index (χ0n) is 15.0. The van der Waals surface area contributed by atoms with E-state index in [1.165, 1.54) is 11.3 Å². The van der Waals surface area contributed by atoms with Crippen molar-refractivity contribution in [3.63, 3.8) is 0 Å². The molecule has 1 fully saturated rings. The Morgan fingerprint density at radius 3 is 3.00 bits per heavy atom. The van der Waals surface area contributed by atoms with Crippen LogP contribution in [0.15, 0.2) is 42.5 Å². The average Bonchev–Trinajstić information content (AvgIpc) is 2.88. The van der Waals surface area contributed by atoms with Crippen molar-refractivity contribution in [3.05, 3.63) is 53.7 Å². The third-order valence-corrected chi connectivity index (χ3v) is 5.15. The standard InChI is InChI=1S/C20H24N4O2/c1-26-19-9-4-7-16(22-19)13-21-20(25)23-10-5-11-24-17(14-23)12-15-6-2-3-8-18(15)24/h2-4,6-9,17H,5,10-14H2,1H3,(H,21,25). The van der Waals surface area contributed by atoms with Gasteiger partial charge in [-0.2, -0.15) is 0 Å². The number of carbonyl (C=O) groups is 1. The molecule has 1 aromatic heterocycles. The Morgan fingerprint density at radius 1 is 1.23 bits per heavy atom. The van der Waals surface area contributed by atoms with E-state index in [4.69, 9.17) is 4.74 Å². The number of pyridine rings is 1. The lowest BCUT2D eigenvalue weighted by molar-refractivity contribution is 0.197. The second-order valence-electron chi connectivity index (χ2n) is 6.81. The summed E-state index contributed by atoms with van der Waals surface area (Å²) in [4.78, 5) is 21.4. The molecule has 4 rings (SSSR count). The first kappa shape index (κ1) is 16.7. The molecule has 1 unspecified atom stereocenters. The molecule has 3 heterocycles. The second kappa shape index (κ2) is 7.23. The van der Waals surface area contributed by atoms with Gasteiger partial charge in [-0.1, -0.05) is 24.3 Å². The Balaban J connectivity index is 1.38. The summed E-state index contributed by atoms with van der Waals surface area (Å²) in [6, 6.07) is 14.5. The molecule has 0 bridgehead atoms. The fraction of sp³-hybridized carbons (Fsp3) is 0.400. The molecule has 0 radical (unpaired) electrons. The normalized spacial score (nSPS) is 18.7. The fourth-order valence-electron chi connectivity index (χ4n) is 3.90. The van der Waals surface area contributed by atoms with Crippen LogP contribution in [-0.2, 0) is 13.0 Å². The summed E-state index contributed by atoms with van der Waals surface area (Å²) < 4.78 is 5.13. The zero-order valence-corrected chi connectivity index (χ0v) is 15.0. The molecule has 1 saturated heterocycles. The van der Waals surface area contributed by atoms with Crippen LogP contribution >= 0.6 is 0 Å². The Hall–Kier alpha value is -2.76. The minimum absolute atomic E-state index is 0.0209. The smallest absolute Gasteiger partial charge is 0.317 e. The lowest BCUT2D eigenvalue weighted by atomic mass is 10.1. The SMILES string of the molecule is COc1cccc(CNC(=O)N2CCCN3c4ccccc4CC3C2)n1. The van der Waals surface area contributed by atoms with Gasteiger partial charge in [-0.05, 0) is 30.5 Å². The molecule has 1 atom stereocenters. The molecule has 0 aliphatic carbocycles. The molecular weight excluding hydrogens is 328 g/mol. The van der Waals surface area contributed by atoms with E-state index in [0.717, 1.165) is 38.2 Å². The van der Waals surface area contributed by atoms with Gasteiger partial charge in [0.1, 0.15) is 0 Å². The minimum Gasteiger partial charge on any atom is -0.481 e. The van der Waals surface area contributed by atoms with Crippen LogP contribution in [0.4, 0.5) is 10.5 Å².